The zero-order valence-corrected chi connectivity index (χ0v) is 15.0. The van der Waals surface area contributed by atoms with Crippen LogP contribution in [0.2, 0.25) is 0 Å². The Labute approximate surface area is 144 Å². The largest absolute Gasteiger partial charge is 0.491 e. The number of aryl methyl sites for hydroxylation is 2. The number of fused-ring (bicyclic) bond motifs is 1. The molecule has 0 bridgehead atoms. The first kappa shape index (κ1) is 17.0. The van der Waals surface area contributed by atoms with Gasteiger partial charge in [0.2, 0.25) is 0 Å². The maximum Gasteiger partial charge on any atom is 0.120 e. The lowest BCUT2D eigenvalue weighted by atomic mass is 9.90. The lowest BCUT2D eigenvalue weighted by Crippen LogP contribution is -2.27. The first-order valence-electron chi connectivity index (χ1n) is 8.60. The molecule has 3 rings (SSSR count). The average molecular weight is 325 g/mol. The second-order valence-electron chi connectivity index (χ2n) is 7.55. The molecule has 2 aromatic carbocycles. The van der Waals surface area contributed by atoms with Crippen LogP contribution in [0, 0.1) is 13.8 Å². The van der Waals surface area contributed by atoms with Crippen molar-refractivity contribution in [1.82, 2.24) is 0 Å². The summed E-state index contributed by atoms with van der Waals surface area (Å²) in [7, 11) is 0. The second-order valence-corrected chi connectivity index (χ2v) is 7.55. The highest BCUT2D eigenvalue weighted by Gasteiger charge is 2.23. The summed E-state index contributed by atoms with van der Waals surface area (Å²) in [5, 5.41) is 9.84. The highest BCUT2D eigenvalue weighted by Crippen LogP contribution is 2.40. The lowest BCUT2D eigenvalue weighted by molar-refractivity contribution is 0.0284. The quantitative estimate of drug-likeness (QED) is 0.891. The molecule has 0 fully saturated rings. The van der Waals surface area contributed by atoms with Gasteiger partial charge in [-0.15, -0.1) is 0 Å². The smallest absolute Gasteiger partial charge is 0.120 e. The molecule has 0 heterocycles. The molecule has 0 saturated carbocycles. The Hall–Kier alpha value is -1.84. The van der Waals surface area contributed by atoms with Gasteiger partial charge in [0.05, 0.1) is 5.60 Å². The zero-order valence-electron chi connectivity index (χ0n) is 15.0. The predicted molar refractivity (Wildman–Crippen MR) is 98.4 cm³/mol. The number of aliphatic hydroxyl groups is 1. The summed E-state index contributed by atoms with van der Waals surface area (Å²) in [6.07, 6.45) is 2.07. The molecule has 128 valence electrons. The van der Waals surface area contributed by atoms with Crippen molar-refractivity contribution in [3.05, 3.63) is 52.6 Å². The summed E-state index contributed by atoms with van der Waals surface area (Å²) in [5.74, 6) is 0.806. The summed E-state index contributed by atoms with van der Waals surface area (Å²) in [5.41, 5.74) is 13.0. The standard InChI is InChI=1S/C21H27NO2/c1-13-10-15(24-12-21(3,4)23)11-14(2)20(13)18-7-5-6-17-16(18)8-9-19(17)22/h5-7,10-11,19,23H,8-9,12,22H2,1-4H3/t19-/m1/s1. The number of hydrogen-bond donors (Lipinski definition) is 2. The topological polar surface area (TPSA) is 55.5 Å². The molecule has 0 amide bonds. The minimum absolute atomic E-state index is 0.162. The molecule has 1 atom stereocenters. The minimum atomic E-state index is -0.836. The molecule has 0 spiro atoms. The number of benzene rings is 2. The normalized spacial score (nSPS) is 17.0. The summed E-state index contributed by atoms with van der Waals surface area (Å²) >= 11 is 0. The predicted octanol–water partition coefficient (Wildman–Crippen LogP) is 4.07. The van der Waals surface area contributed by atoms with E-state index in [2.05, 4.69) is 44.2 Å². The minimum Gasteiger partial charge on any atom is -0.491 e. The molecule has 0 aliphatic heterocycles. The maximum atomic E-state index is 9.84. The third-order valence-corrected chi connectivity index (χ3v) is 4.68. The van der Waals surface area contributed by atoms with Crippen LogP contribution in [0.1, 0.15) is 48.6 Å². The van der Waals surface area contributed by atoms with Gasteiger partial charge in [-0.1, -0.05) is 18.2 Å². The Morgan fingerprint density at radius 3 is 2.50 bits per heavy atom. The van der Waals surface area contributed by atoms with Crippen LogP contribution in [-0.2, 0) is 6.42 Å². The summed E-state index contributed by atoms with van der Waals surface area (Å²) < 4.78 is 5.76. The number of ether oxygens (including phenoxy) is 1. The van der Waals surface area contributed by atoms with E-state index in [-0.39, 0.29) is 12.6 Å². The highest BCUT2D eigenvalue weighted by atomic mass is 16.5. The van der Waals surface area contributed by atoms with E-state index in [0.29, 0.717) is 0 Å². The molecule has 0 unspecified atom stereocenters. The van der Waals surface area contributed by atoms with E-state index in [0.717, 1.165) is 18.6 Å². The van der Waals surface area contributed by atoms with E-state index < -0.39 is 5.60 Å². The fourth-order valence-electron chi connectivity index (χ4n) is 3.61. The van der Waals surface area contributed by atoms with Gasteiger partial charge < -0.3 is 15.6 Å². The van der Waals surface area contributed by atoms with E-state index >= 15 is 0 Å². The van der Waals surface area contributed by atoms with Gasteiger partial charge in [-0.05, 0) is 86.1 Å². The molecular weight excluding hydrogens is 298 g/mol. The van der Waals surface area contributed by atoms with Crippen LogP contribution in [0.15, 0.2) is 30.3 Å². The van der Waals surface area contributed by atoms with Crippen LogP contribution < -0.4 is 10.5 Å². The molecule has 0 saturated heterocycles. The molecule has 3 N–H and O–H groups in total. The third kappa shape index (κ3) is 3.33. The molecule has 2 aromatic rings. The zero-order chi connectivity index (χ0) is 17.5. The Balaban J connectivity index is 1.99. The van der Waals surface area contributed by atoms with Crippen molar-refractivity contribution < 1.29 is 9.84 Å². The fourth-order valence-corrected chi connectivity index (χ4v) is 3.61. The van der Waals surface area contributed by atoms with Crippen molar-refractivity contribution >= 4 is 0 Å². The molecule has 24 heavy (non-hydrogen) atoms. The molecule has 0 radical (unpaired) electrons. The van der Waals surface area contributed by atoms with E-state index in [1.54, 1.807) is 13.8 Å². The molecule has 1 aliphatic carbocycles. The van der Waals surface area contributed by atoms with Gasteiger partial charge in [0, 0.05) is 6.04 Å². The number of hydrogen-bond acceptors (Lipinski definition) is 3. The SMILES string of the molecule is Cc1cc(OCC(C)(C)O)cc(C)c1-c1cccc2c1CC[C@H]2N. The summed E-state index contributed by atoms with van der Waals surface area (Å²) in [6, 6.07) is 10.7. The van der Waals surface area contributed by atoms with Gasteiger partial charge in [-0.25, -0.2) is 0 Å². The Morgan fingerprint density at radius 1 is 1.21 bits per heavy atom. The van der Waals surface area contributed by atoms with Crippen LogP contribution in [0.4, 0.5) is 0 Å². The Morgan fingerprint density at radius 2 is 1.88 bits per heavy atom. The van der Waals surface area contributed by atoms with Crippen LogP contribution in [-0.4, -0.2) is 17.3 Å². The maximum absolute atomic E-state index is 9.84. The van der Waals surface area contributed by atoms with Crippen LogP contribution in [0.25, 0.3) is 11.1 Å². The highest BCUT2D eigenvalue weighted by molar-refractivity contribution is 5.76. The van der Waals surface area contributed by atoms with Gasteiger partial charge in [0.25, 0.3) is 0 Å². The van der Waals surface area contributed by atoms with Crippen molar-refractivity contribution in [3.8, 4) is 16.9 Å². The Bertz CT molecular complexity index is 736. The van der Waals surface area contributed by atoms with Crippen LogP contribution >= 0.6 is 0 Å². The monoisotopic (exact) mass is 325 g/mol. The number of rotatable bonds is 4. The van der Waals surface area contributed by atoms with Gasteiger partial charge in [-0.2, -0.15) is 0 Å². The summed E-state index contributed by atoms with van der Waals surface area (Å²) in [4.78, 5) is 0. The lowest BCUT2D eigenvalue weighted by Gasteiger charge is -2.20. The fraction of sp³-hybridized carbons (Fsp3) is 0.429. The number of nitrogens with two attached hydrogens (primary N) is 1. The average Bonchev–Trinajstić information content (AvgIpc) is 2.86. The molecule has 0 aromatic heterocycles. The van der Waals surface area contributed by atoms with Crippen molar-refractivity contribution in [2.45, 2.75) is 52.2 Å². The first-order valence-corrected chi connectivity index (χ1v) is 8.60. The van der Waals surface area contributed by atoms with Gasteiger partial charge in [0.15, 0.2) is 0 Å². The first-order chi connectivity index (χ1) is 11.3. The van der Waals surface area contributed by atoms with Crippen molar-refractivity contribution in [2.24, 2.45) is 5.73 Å². The van der Waals surface area contributed by atoms with Crippen LogP contribution in [0.3, 0.4) is 0 Å². The molecule has 3 heteroatoms. The van der Waals surface area contributed by atoms with Gasteiger partial charge in [-0.3, -0.25) is 0 Å². The van der Waals surface area contributed by atoms with Crippen LogP contribution in [0.5, 0.6) is 5.75 Å². The van der Waals surface area contributed by atoms with Gasteiger partial charge in [0.1, 0.15) is 12.4 Å². The van der Waals surface area contributed by atoms with Crippen molar-refractivity contribution in [2.75, 3.05) is 6.61 Å². The third-order valence-electron chi connectivity index (χ3n) is 4.68. The van der Waals surface area contributed by atoms with E-state index in [1.165, 1.54) is 33.4 Å². The second kappa shape index (κ2) is 6.23. The molecule has 3 nitrogen and oxygen atoms in total. The van der Waals surface area contributed by atoms with E-state index in [9.17, 15) is 5.11 Å². The van der Waals surface area contributed by atoms with Gasteiger partial charge >= 0.3 is 0 Å². The van der Waals surface area contributed by atoms with Crippen molar-refractivity contribution in [3.63, 3.8) is 0 Å². The molecule has 1 aliphatic rings. The Kier molecular flexibility index (Phi) is 4.41. The molecular formula is C21H27NO2. The van der Waals surface area contributed by atoms with E-state index in [1.807, 2.05) is 0 Å². The summed E-state index contributed by atoms with van der Waals surface area (Å²) in [6.45, 7) is 8.01. The van der Waals surface area contributed by atoms with E-state index in [4.69, 9.17) is 10.5 Å². The van der Waals surface area contributed by atoms with Crippen molar-refractivity contribution in [1.29, 1.82) is 0 Å².